The number of aromatic nitrogens is 1. The van der Waals surface area contributed by atoms with Gasteiger partial charge < -0.3 is 9.84 Å². The van der Waals surface area contributed by atoms with Crippen LogP contribution in [0.4, 0.5) is 5.13 Å². The second-order valence-corrected chi connectivity index (χ2v) is 7.39. The predicted molar refractivity (Wildman–Crippen MR) is 101 cm³/mol. The van der Waals surface area contributed by atoms with Crippen LogP contribution in [0.15, 0.2) is 28.2 Å². The Balaban J connectivity index is 1.77. The number of amides is 1. The molecule has 2 aromatic rings. The summed E-state index contributed by atoms with van der Waals surface area (Å²) in [6, 6.07) is 5.09. The largest absolute Gasteiger partial charge is 0.504 e. The zero-order chi connectivity index (χ0) is 18.0. The van der Waals surface area contributed by atoms with Gasteiger partial charge in [0, 0.05) is 10.4 Å². The van der Waals surface area contributed by atoms with Crippen molar-refractivity contribution in [2.24, 2.45) is 5.10 Å². The van der Waals surface area contributed by atoms with Gasteiger partial charge in [-0.15, -0.1) is 16.4 Å². The van der Waals surface area contributed by atoms with E-state index in [1.807, 2.05) is 13.8 Å². The Bertz CT molecular complexity index is 870. The van der Waals surface area contributed by atoms with Crippen molar-refractivity contribution in [2.45, 2.75) is 13.8 Å². The van der Waals surface area contributed by atoms with Crippen LogP contribution in [-0.2, 0) is 4.79 Å². The number of hydrogen-bond donors (Lipinski definition) is 3. The van der Waals surface area contributed by atoms with Crippen molar-refractivity contribution in [1.29, 1.82) is 0 Å². The van der Waals surface area contributed by atoms with Crippen LogP contribution in [-0.4, -0.2) is 28.3 Å². The van der Waals surface area contributed by atoms with E-state index in [1.54, 1.807) is 24.3 Å². The van der Waals surface area contributed by atoms with E-state index < -0.39 is 0 Å². The molecule has 3 rings (SSSR count). The minimum atomic E-state index is -0.278. The second-order valence-electron chi connectivity index (χ2n) is 5.15. The molecule has 0 atom stereocenters. The number of thioether (sulfide) groups is 1. The number of para-hydroxylation sites is 1. The second kappa shape index (κ2) is 7.16. The van der Waals surface area contributed by atoms with E-state index in [4.69, 9.17) is 4.74 Å². The molecule has 0 bridgehead atoms. The summed E-state index contributed by atoms with van der Waals surface area (Å²) in [5, 5.41) is 18.0. The van der Waals surface area contributed by atoms with Gasteiger partial charge in [-0.05, 0) is 37.8 Å². The topological polar surface area (TPSA) is 95.8 Å². The number of nitrogens with one attached hydrogen (secondary N) is 2. The van der Waals surface area contributed by atoms with Gasteiger partial charge in [-0.25, -0.2) is 4.98 Å². The maximum absolute atomic E-state index is 12.1. The number of hydrogen-bond acceptors (Lipinski definition) is 8. The number of thiazole rings is 1. The lowest BCUT2D eigenvalue weighted by atomic mass is 10.1. The fraction of sp³-hybridized carbons (Fsp3) is 0.188. The Labute approximate surface area is 152 Å². The number of nitrogens with zero attached hydrogens (tertiary/aromatic N) is 2. The van der Waals surface area contributed by atoms with Crippen LogP contribution in [0.1, 0.15) is 16.1 Å². The molecule has 2 heterocycles. The lowest BCUT2D eigenvalue weighted by Gasteiger charge is -2.05. The molecule has 1 fully saturated rings. The Hall–Kier alpha value is -2.52. The number of phenols is 1. The van der Waals surface area contributed by atoms with Crippen molar-refractivity contribution in [2.75, 3.05) is 12.5 Å². The number of benzene rings is 1. The number of methoxy groups -OCH3 is 1. The number of phenolic OH excluding ortho intramolecular Hbond substituents is 1. The Morgan fingerprint density at radius 1 is 1.40 bits per heavy atom. The molecule has 0 aliphatic carbocycles. The summed E-state index contributed by atoms with van der Waals surface area (Å²) in [5.74, 6) is 0.0604. The molecule has 1 saturated heterocycles. The fourth-order valence-electron chi connectivity index (χ4n) is 2.06. The summed E-state index contributed by atoms with van der Waals surface area (Å²) in [4.78, 5) is 18.0. The number of rotatable bonds is 4. The minimum absolute atomic E-state index is 0.0110. The van der Waals surface area contributed by atoms with E-state index in [2.05, 4.69) is 20.8 Å². The molecule has 1 amide bonds. The van der Waals surface area contributed by atoms with Crippen LogP contribution in [0.25, 0.3) is 6.08 Å². The average molecular weight is 376 g/mol. The van der Waals surface area contributed by atoms with Gasteiger partial charge in [-0.3, -0.25) is 15.5 Å². The third kappa shape index (κ3) is 3.77. The predicted octanol–water partition coefficient (Wildman–Crippen LogP) is 3.06. The van der Waals surface area contributed by atoms with Gasteiger partial charge in [0.15, 0.2) is 16.7 Å². The van der Waals surface area contributed by atoms with Crippen LogP contribution in [0.5, 0.6) is 11.5 Å². The highest BCUT2D eigenvalue weighted by atomic mass is 32.2. The van der Waals surface area contributed by atoms with E-state index >= 15 is 0 Å². The molecule has 0 radical (unpaired) electrons. The Morgan fingerprint density at radius 2 is 2.20 bits per heavy atom. The van der Waals surface area contributed by atoms with Gasteiger partial charge >= 0.3 is 0 Å². The number of amidine groups is 1. The maximum Gasteiger partial charge on any atom is 0.264 e. The highest BCUT2D eigenvalue weighted by molar-refractivity contribution is 8.18. The summed E-state index contributed by atoms with van der Waals surface area (Å²) in [7, 11) is 1.47. The maximum atomic E-state index is 12.1. The number of anilines is 1. The van der Waals surface area contributed by atoms with E-state index in [0.717, 1.165) is 10.6 Å². The zero-order valence-corrected chi connectivity index (χ0v) is 15.4. The number of ether oxygens (including phenoxy) is 1. The third-order valence-electron chi connectivity index (χ3n) is 3.47. The van der Waals surface area contributed by atoms with Gasteiger partial charge in [-0.2, -0.15) is 0 Å². The molecule has 1 aliphatic heterocycles. The molecular formula is C16H16N4O3S2. The van der Waals surface area contributed by atoms with Crippen molar-refractivity contribution in [3.8, 4) is 11.5 Å². The molecule has 9 heteroatoms. The molecule has 0 spiro atoms. The van der Waals surface area contributed by atoms with E-state index in [1.165, 1.54) is 30.2 Å². The molecule has 0 unspecified atom stereocenters. The van der Waals surface area contributed by atoms with Crippen molar-refractivity contribution in [1.82, 2.24) is 10.3 Å². The molecule has 7 nitrogen and oxygen atoms in total. The number of hydrazone groups is 1. The van der Waals surface area contributed by atoms with E-state index in [0.29, 0.717) is 26.5 Å². The van der Waals surface area contributed by atoms with Crippen molar-refractivity contribution >= 4 is 45.4 Å². The van der Waals surface area contributed by atoms with Crippen LogP contribution >= 0.6 is 23.1 Å². The molecule has 130 valence electrons. The van der Waals surface area contributed by atoms with Crippen molar-refractivity contribution < 1.29 is 14.6 Å². The standard InChI is InChI=1S/C16H16N4O3S2/c1-8-9(2)24-15(17-8)19-20-16-18-14(22)12(25-16)7-10-5-4-6-11(23-3)13(10)21/h4-7,21H,1-3H3,(H,17,19)(H,18,20,22)/b12-7+. The smallest absolute Gasteiger partial charge is 0.264 e. The summed E-state index contributed by atoms with van der Waals surface area (Å²) in [6.07, 6.45) is 1.60. The van der Waals surface area contributed by atoms with Gasteiger partial charge in [0.25, 0.3) is 5.91 Å². The SMILES string of the molecule is COc1cccc(/C=C2/SC(=NNc3nc(C)c(C)s3)NC2=O)c1O. The number of carbonyl (C=O) groups is 1. The van der Waals surface area contributed by atoms with Crippen LogP contribution in [0.2, 0.25) is 0 Å². The zero-order valence-electron chi connectivity index (χ0n) is 13.8. The molecule has 1 aliphatic rings. The lowest BCUT2D eigenvalue weighted by molar-refractivity contribution is -0.115. The Morgan fingerprint density at radius 3 is 2.88 bits per heavy atom. The van der Waals surface area contributed by atoms with E-state index in [9.17, 15) is 9.90 Å². The first kappa shape index (κ1) is 17.3. The highest BCUT2D eigenvalue weighted by Crippen LogP contribution is 2.34. The number of aromatic hydroxyl groups is 1. The number of carbonyl (C=O) groups excluding carboxylic acids is 1. The van der Waals surface area contributed by atoms with Crippen LogP contribution in [0, 0.1) is 13.8 Å². The van der Waals surface area contributed by atoms with Gasteiger partial charge in [0.1, 0.15) is 0 Å². The molecule has 3 N–H and O–H groups in total. The summed E-state index contributed by atoms with van der Waals surface area (Å²) < 4.78 is 5.07. The van der Waals surface area contributed by atoms with Crippen molar-refractivity contribution in [3.05, 3.63) is 39.2 Å². The first-order valence-corrected chi connectivity index (χ1v) is 8.96. The number of aryl methyl sites for hydroxylation is 2. The van der Waals surface area contributed by atoms with Crippen LogP contribution in [0.3, 0.4) is 0 Å². The molecule has 1 aromatic heterocycles. The monoisotopic (exact) mass is 376 g/mol. The summed E-state index contributed by atoms with van der Waals surface area (Å²) in [6.45, 7) is 3.91. The van der Waals surface area contributed by atoms with E-state index in [-0.39, 0.29) is 11.7 Å². The van der Waals surface area contributed by atoms with Crippen molar-refractivity contribution in [3.63, 3.8) is 0 Å². The molecule has 25 heavy (non-hydrogen) atoms. The lowest BCUT2D eigenvalue weighted by Crippen LogP contribution is -2.20. The molecular weight excluding hydrogens is 360 g/mol. The summed E-state index contributed by atoms with van der Waals surface area (Å²) in [5.41, 5.74) is 4.29. The Kier molecular flexibility index (Phi) is 4.95. The van der Waals surface area contributed by atoms with Gasteiger partial charge in [0.2, 0.25) is 5.13 Å². The quantitative estimate of drug-likeness (QED) is 0.561. The van der Waals surface area contributed by atoms with Gasteiger partial charge in [-0.1, -0.05) is 12.1 Å². The third-order valence-corrected chi connectivity index (χ3v) is 5.36. The highest BCUT2D eigenvalue weighted by Gasteiger charge is 2.24. The first-order valence-electron chi connectivity index (χ1n) is 7.32. The summed E-state index contributed by atoms with van der Waals surface area (Å²) >= 11 is 2.67. The van der Waals surface area contributed by atoms with Crippen LogP contribution < -0.4 is 15.5 Å². The molecule has 0 saturated carbocycles. The average Bonchev–Trinajstić information content (AvgIpc) is 3.10. The van der Waals surface area contributed by atoms with Gasteiger partial charge in [0.05, 0.1) is 17.7 Å². The molecule has 1 aromatic carbocycles. The normalized spacial score (nSPS) is 17.2. The first-order chi connectivity index (χ1) is 12.0. The fourth-order valence-corrected chi connectivity index (χ4v) is 3.59. The minimum Gasteiger partial charge on any atom is -0.504 e.